The maximum atomic E-state index is 14.1. The third-order valence-electron chi connectivity index (χ3n) is 3.56. The number of nitrogens with two attached hydrogens (primary N) is 1. The summed E-state index contributed by atoms with van der Waals surface area (Å²) in [6.07, 6.45) is 0.591. The quantitative estimate of drug-likeness (QED) is 0.877. The molecule has 1 unspecified atom stereocenters. The Hall–Kier alpha value is -0.740. The third-order valence-corrected chi connectivity index (χ3v) is 4.82. The molecule has 0 aliphatic heterocycles. The molecule has 0 heterocycles. The molecular weight excluding hydrogens is 261 g/mol. The summed E-state index contributed by atoms with van der Waals surface area (Å²) in [5, 5.41) is 5.48. The average Bonchev–Trinajstić information content (AvgIpc) is 2.27. The van der Waals surface area contributed by atoms with Gasteiger partial charge in [-0.05, 0) is 49.3 Å². The van der Waals surface area contributed by atoms with Crippen LogP contribution in [0.5, 0.6) is 0 Å². The monoisotopic (exact) mass is 285 g/mol. The number of rotatable bonds is 5. The van der Waals surface area contributed by atoms with Crippen LogP contribution in [0.2, 0.25) is 0 Å². The summed E-state index contributed by atoms with van der Waals surface area (Å²) in [5.41, 5.74) is 1.66. The lowest BCUT2D eigenvalue weighted by Gasteiger charge is -2.25. The molecule has 2 nitrogen and oxygen atoms in total. The highest BCUT2D eigenvalue weighted by molar-refractivity contribution is 7.84. The van der Waals surface area contributed by atoms with Gasteiger partial charge < -0.3 is 0 Å². The van der Waals surface area contributed by atoms with Crippen molar-refractivity contribution in [2.45, 2.75) is 57.6 Å². The summed E-state index contributed by atoms with van der Waals surface area (Å²) in [5.74, 6) is 0.118. The SMILES string of the molecule is CC(C)c1ccc([C@@H](C)CC(C)(C)S(N)=O)c(F)c1. The van der Waals surface area contributed by atoms with Crippen molar-refractivity contribution < 1.29 is 8.60 Å². The van der Waals surface area contributed by atoms with Crippen LogP contribution in [-0.2, 0) is 11.0 Å². The molecule has 0 saturated heterocycles. The summed E-state index contributed by atoms with van der Waals surface area (Å²) in [7, 11) is -1.41. The van der Waals surface area contributed by atoms with Crippen molar-refractivity contribution in [3.05, 3.63) is 35.1 Å². The van der Waals surface area contributed by atoms with E-state index in [2.05, 4.69) is 0 Å². The molecule has 0 spiro atoms. The first-order chi connectivity index (χ1) is 8.65. The van der Waals surface area contributed by atoms with E-state index in [0.717, 1.165) is 5.56 Å². The van der Waals surface area contributed by atoms with E-state index in [1.807, 2.05) is 46.8 Å². The molecule has 1 rings (SSSR count). The Labute approximate surface area is 118 Å². The minimum Gasteiger partial charge on any atom is -0.251 e. The zero-order valence-corrected chi connectivity index (χ0v) is 13.2. The van der Waals surface area contributed by atoms with Crippen LogP contribution in [0.3, 0.4) is 0 Å². The molecule has 0 bridgehead atoms. The van der Waals surface area contributed by atoms with Gasteiger partial charge in [-0.2, -0.15) is 0 Å². The lowest BCUT2D eigenvalue weighted by molar-refractivity contribution is 0.515. The van der Waals surface area contributed by atoms with E-state index in [0.29, 0.717) is 17.9 Å². The summed E-state index contributed by atoms with van der Waals surface area (Å²) in [6, 6.07) is 5.40. The Balaban J connectivity index is 2.95. The summed E-state index contributed by atoms with van der Waals surface area (Å²) >= 11 is 0. The molecule has 2 N–H and O–H groups in total. The molecule has 0 amide bonds. The third kappa shape index (κ3) is 4.11. The largest absolute Gasteiger partial charge is 0.251 e. The first kappa shape index (κ1) is 16.3. The lowest BCUT2D eigenvalue weighted by Crippen LogP contribution is -2.33. The molecule has 0 radical (unpaired) electrons. The van der Waals surface area contributed by atoms with Crippen molar-refractivity contribution in [1.29, 1.82) is 0 Å². The Morgan fingerprint density at radius 2 is 1.89 bits per heavy atom. The van der Waals surface area contributed by atoms with Crippen molar-refractivity contribution in [2.75, 3.05) is 0 Å². The highest BCUT2D eigenvalue weighted by Crippen LogP contribution is 2.31. The molecular formula is C15H24FNOS. The van der Waals surface area contributed by atoms with Crippen LogP contribution >= 0.6 is 0 Å². The van der Waals surface area contributed by atoms with Crippen LogP contribution in [-0.4, -0.2) is 8.96 Å². The maximum Gasteiger partial charge on any atom is 0.126 e. The van der Waals surface area contributed by atoms with Gasteiger partial charge in [0.25, 0.3) is 0 Å². The molecule has 0 aliphatic carbocycles. The van der Waals surface area contributed by atoms with Crippen molar-refractivity contribution in [1.82, 2.24) is 0 Å². The van der Waals surface area contributed by atoms with E-state index in [-0.39, 0.29) is 11.7 Å². The van der Waals surface area contributed by atoms with Crippen LogP contribution < -0.4 is 5.14 Å². The van der Waals surface area contributed by atoms with Gasteiger partial charge in [0.2, 0.25) is 0 Å². The predicted octanol–water partition coefficient (Wildman–Crippen LogP) is 3.84. The summed E-state index contributed by atoms with van der Waals surface area (Å²) in [6.45, 7) is 9.72. The van der Waals surface area contributed by atoms with Gasteiger partial charge in [0.05, 0.1) is 15.7 Å². The number of benzene rings is 1. The second-order valence-electron chi connectivity index (χ2n) is 6.10. The second kappa shape index (κ2) is 6.14. The van der Waals surface area contributed by atoms with E-state index in [1.54, 1.807) is 6.07 Å². The highest BCUT2D eigenvalue weighted by atomic mass is 32.2. The van der Waals surface area contributed by atoms with Crippen LogP contribution in [0, 0.1) is 5.82 Å². The van der Waals surface area contributed by atoms with Crippen molar-refractivity contribution in [3.8, 4) is 0 Å². The van der Waals surface area contributed by atoms with Gasteiger partial charge in [-0.3, -0.25) is 5.14 Å². The molecule has 1 aromatic rings. The Morgan fingerprint density at radius 3 is 2.32 bits per heavy atom. The zero-order chi connectivity index (χ0) is 14.8. The molecule has 0 aromatic heterocycles. The number of hydrogen-bond donors (Lipinski definition) is 1. The fourth-order valence-corrected chi connectivity index (χ4v) is 2.65. The first-order valence-electron chi connectivity index (χ1n) is 6.60. The van der Waals surface area contributed by atoms with E-state index in [9.17, 15) is 8.60 Å². The van der Waals surface area contributed by atoms with Crippen molar-refractivity contribution in [3.63, 3.8) is 0 Å². The zero-order valence-electron chi connectivity index (χ0n) is 12.4. The maximum absolute atomic E-state index is 14.1. The molecule has 0 saturated carbocycles. The van der Waals surface area contributed by atoms with Crippen LogP contribution in [0.15, 0.2) is 18.2 Å². The fourth-order valence-electron chi connectivity index (χ4n) is 2.23. The van der Waals surface area contributed by atoms with Gasteiger partial charge in [0, 0.05) is 0 Å². The van der Waals surface area contributed by atoms with E-state index in [4.69, 9.17) is 5.14 Å². The van der Waals surface area contributed by atoms with E-state index < -0.39 is 15.7 Å². The average molecular weight is 285 g/mol. The molecule has 108 valence electrons. The molecule has 1 aromatic carbocycles. The molecule has 0 aliphatic rings. The van der Waals surface area contributed by atoms with Crippen molar-refractivity contribution >= 4 is 11.0 Å². The Morgan fingerprint density at radius 1 is 1.32 bits per heavy atom. The summed E-state index contributed by atoms with van der Waals surface area (Å²) in [4.78, 5) is 0. The highest BCUT2D eigenvalue weighted by Gasteiger charge is 2.27. The van der Waals surface area contributed by atoms with E-state index in [1.165, 1.54) is 0 Å². The van der Waals surface area contributed by atoms with Gasteiger partial charge in [0.1, 0.15) is 5.82 Å². The van der Waals surface area contributed by atoms with Gasteiger partial charge >= 0.3 is 0 Å². The molecule has 4 heteroatoms. The van der Waals surface area contributed by atoms with Gasteiger partial charge in [-0.25, -0.2) is 8.60 Å². The summed E-state index contributed by atoms with van der Waals surface area (Å²) < 4.78 is 25.1. The van der Waals surface area contributed by atoms with Crippen LogP contribution in [0.4, 0.5) is 4.39 Å². The van der Waals surface area contributed by atoms with Crippen LogP contribution in [0.1, 0.15) is 64.0 Å². The van der Waals surface area contributed by atoms with E-state index >= 15 is 0 Å². The van der Waals surface area contributed by atoms with Gasteiger partial charge in [-0.1, -0.05) is 32.9 Å². The lowest BCUT2D eigenvalue weighted by atomic mass is 9.89. The first-order valence-corrected chi connectivity index (χ1v) is 7.82. The fraction of sp³-hybridized carbons (Fsp3) is 0.600. The number of hydrogen-bond acceptors (Lipinski definition) is 1. The molecule has 19 heavy (non-hydrogen) atoms. The minimum atomic E-state index is -1.41. The number of halogens is 1. The van der Waals surface area contributed by atoms with Gasteiger partial charge in [0.15, 0.2) is 0 Å². The Bertz CT molecular complexity index is 471. The Kier molecular flexibility index (Phi) is 5.27. The normalized spacial score (nSPS) is 15.6. The topological polar surface area (TPSA) is 43.1 Å². The minimum absolute atomic E-state index is 0.0105. The van der Waals surface area contributed by atoms with Crippen LogP contribution in [0.25, 0.3) is 0 Å². The predicted molar refractivity (Wildman–Crippen MR) is 79.9 cm³/mol. The second-order valence-corrected chi connectivity index (χ2v) is 7.80. The van der Waals surface area contributed by atoms with Gasteiger partial charge in [-0.15, -0.1) is 0 Å². The molecule has 2 atom stereocenters. The smallest absolute Gasteiger partial charge is 0.126 e. The standard InChI is InChI=1S/C15H24FNOS/c1-10(2)12-6-7-13(14(16)8-12)11(3)9-15(4,5)19(17)18/h6-8,10-11H,9,17H2,1-5H3/t11-,19?/m0/s1. The molecule has 0 fully saturated rings. The van der Waals surface area contributed by atoms with Crippen molar-refractivity contribution in [2.24, 2.45) is 5.14 Å².